The molecule has 0 radical (unpaired) electrons. The Hall–Kier alpha value is -3.60. The van der Waals surface area contributed by atoms with Crippen molar-refractivity contribution in [1.29, 1.82) is 0 Å². The third kappa shape index (κ3) is 4.61. The SMILES string of the molecule is Cc1ccc(C(=O)NC(C)c2nc3ccccc3n2CCOc2ccccc2)c(C)c1. The predicted molar refractivity (Wildman–Crippen MR) is 123 cm³/mol. The Bertz CT molecular complexity index is 1200. The number of aryl methyl sites for hydroxylation is 2. The van der Waals surface area contributed by atoms with E-state index in [2.05, 4.69) is 9.88 Å². The Balaban J connectivity index is 1.55. The van der Waals surface area contributed by atoms with Crippen LogP contribution in [0.4, 0.5) is 0 Å². The van der Waals surface area contributed by atoms with Crippen LogP contribution < -0.4 is 10.1 Å². The molecule has 1 aromatic heterocycles. The number of carbonyl (C=O) groups is 1. The van der Waals surface area contributed by atoms with E-state index >= 15 is 0 Å². The lowest BCUT2D eigenvalue weighted by Gasteiger charge is -2.17. The van der Waals surface area contributed by atoms with Gasteiger partial charge in [0.25, 0.3) is 5.91 Å². The zero-order valence-corrected chi connectivity index (χ0v) is 18.1. The number of rotatable bonds is 7. The minimum atomic E-state index is -0.252. The van der Waals surface area contributed by atoms with Gasteiger partial charge >= 0.3 is 0 Å². The van der Waals surface area contributed by atoms with Crippen molar-refractivity contribution in [2.45, 2.75) is 33.4 Å². The normalized spacial score (nSPS) is 12.0. The quantitative estimate of drug-likeness (QED) is 0.452. The van der Waals surface area contributed by atoms with Gasteiger partial charge in [0.1, 0.15) is 18.2 Å². The van der Waals surface area contributed by atoms with E-state index in [0.717, 1.165) is 33.7 Å². The van der Waals surface area contributed by atoms with E-state index in [-0.39, 0.29) is 11.9 Å². The first-order valence-corrected chi connectivity index (χ1v) is 10.5. The maximum absolute atomic E-state index is 12.9. The van der Waals surface area contributed by atoms with Crippen LogP contribution in [0.25, 0.3) is 11.0 Å². The zero-order chi connectivity index (χ0) is 21.8. The van der Waals surface area contributed by atoms with Gasteiger partial charge in [-0.25, -0.2) is 4.98 Å². The fraction of sp³-hybridized carbons (Fsp3) is 0.231. The lowest BCUT2D eigenvalue weighted by Crippen LogP contribution is -2.29. The second-order valence-electron chi connectivity index (χ2n) is 7.79. The molecule has 1 heterocycles. The van der Waals surface area contributed by atoms with Crippen molar-refractivity contribution in [3.8, 4) is 5.75 Å². The van der Waals surface area contributed by atoms with E-state index in [9.17, 15) is 4.79 Å². The van der Waals surface area contributed by atoms with Crippen LogP contribution >= 0.6 is 0 Å². The molecule has 4 aromatic rings. The van der Waals surface area contributed by atoms with Crippen molar-refractivity contribution < 1.29 is 9.53 Å². The maximum Gasteiger partial charge on any atom is 0.252 e. The summed E-state index contributed by atoms with van der Waals surface area (Å²) in [5.41, 5.74) is 4.73. The lowest BCUT2D eigenvalue weighted by molar-refractivity contribution is 0.0937. The van der Waals surface area contributed by atoms with Gasteiger partial charge in [0.15, 0.2) is 0 Å². The molecule has 158 valence electrons. The molecule has 5 heteroatoms. The van der Waals surface area contributed by atoms with Gasteiger partial charge in [0.2, 0.25) is 0 Å². The number of amides is 1. The number of fused-ring (bicyclic) bond motifs is 1. The predicted octanol–water partition coefficient (Wildman–Crippen LogP) is 5.22. The van der Waals surface area contributed by atoms with Crippen molar-refractivity contribution in [3.05, 3.63) is 95.3 Å². The van der Waals surface area contributed by atoms with Gasteiger partial charge in [-0.1, -0.05) is 48.0 Å². The molecule has 0 aliphatic rings. The monoisotopic (exact) mass is 413 g/mol. The number of aromatic nitrogens is 2. The highest BCUT2D eigenvalue weighted by molar-refractivity contribution is 5.96. The summed E-state index contributed by atoms with van der Waals surface area (Å²) in [5, 5.41) is 3.12. The summed E-state index contributed by atoms with van der Waals surface area (Å²) >= 11 is 0. The maximum atomic E-state index is 12.9. The summed E-state index contributed by atoms with van der Waals surface area (Å²) in [6, 6.07) is 23.4. The Morgan fingerprint density at radius 1 is 1.03 bits per heavy atom. The molecule has 0 spiro atoms. The zero-order valence-electron chi connectivity index (χ0n) is 18.1. The molecule has 1 unspecified atom stereocenters. The standard InChI is InChI=1S/C26H27N3O2/c1-18-13-14-22(19(2)17-18)26(30)27-20(3)25-28-23-11-7-8-12-24(23)29(25)15-16-31-21-9-5-4-6-10-21/h4-14,17,20H,15-16H2,1-3H3,(H,27,30). The van der Waals surface area contributed by atoms with Crippen LogP contribution in [0.2, 0.25) is 0 Å². The molecule has 1 atom stereocenters. The van der Waals surface area contributed by atoms with Crippen LogP contribution in [0.15, 0.2) is 72.8 Å². The van der Waals surface area contributed by atoms with Gasteiger partial charge in [0.05, 0.1) is 23.6 Å². The van der Waals surface area contributed by atoms with E-state index in [1.54, 1.807) is 0 Å². The second-order valence-corrected chi connectivity index (χ2v) is 7.79. The summed E-state index contributed by atoms with van der Waals surface area (Å²) in [7, 11) is 0. The van der Waals surface area contributed by atoms with Crippen molar-refractivity contribution in [2.75, 3.05) is 6.61 Å². The number of hydrogen-bond donors (Lipinski definition) is 1. The van der Waals surface area contributed by atoms with Crippen molar-refractivity contribution >= 4 is 16.9 Å². The minimum absolute atomic E-state index is 0.0934. The van der Waals surface area contributed by atoms with Crippen LogP contribution in [0, 0.1) is 13.8 Å². The summed E-state index contributed by atoms with van der Waals surface area (Å²) in [6.07, 6.45) is 0. The highest BCUT2D eigenvalue weighted by atomic mass is 16.5. The molecule has 0 saturated carbocycles. The average molecular weight is 414 g/mol. The van der Waals surface area contributed by atoms with Gasteiger partial charge in [-0.15, -0.1) is 0 Å². The van der Waals surface area contributed by atoms with Crippen molar-refractivity contribution in [3.63, 3.8) is 0 Å². The molecule has 0 bridgehead atoms. The molecule has 0 aliphatic carbocycles. The third-order valence-corrected chi connectivity index (χ3v) is 5.37. The second kappa shape index (κ2) is 9.04. The largest absolute Gasteiger partial charge is 0.492 e. The topological polar surface area (TPSA) is 56.2 Å². The van der Waals surface area contributed by atoms with E-state index in [1.807, 2.05) is 93.6 Å². The molecular formula is C26H27N3O2. The van der Waals surface area contributed by atoms with Crippen LogP contribution in [0.3, 0.4) is 0 Å². The molecule has 5 nitrogen and oxygen atoms in total. The van der Waals surface area contributed by atoms with E-state index in [0.29, 0.717) is 18.7 Å². The Morgan fingerprint density at radius 2 is 1.77 bits per heavy atom. The summed E-state index contributed by atoms with van der Waals surface area (Å²) in [4.78, 5) is 17.7. The van der Waals surface area contributed by atoms with Crippen LogP contribution in [-0.2, 0) is 6.54 Å². The molecule has 1 N–H and O–H groups in total. The minimum Gasteiger partial charge on any atom is -0.492 e. The number of nitrogens with zero attached hydrogens (tertiary/aromatic N) is 2. The first-order valence-electron chi connectivity index (χ1n) is 10.5. The van der Waals surface area contributed by atoms with Gasteiger partial charge in [-0.05, 0) is 56.7 Å². The molecule has 0 fully saturated rings. The van der Waals surface area contributed by atoms with Crippen molar-refractivity contribution in [2.24, 2.45) is 0 Å². The van der Waals surface area contributed by atoms with Gasteiger partial charge < -0.3 is 14.6 Å². The molecule has 1 amide bonds. The fourth-order valence-electron chi connectivity index (χ4n) is 3.84. The number of carbonyl (C=O) groups excluding carboxylic acids is 1. The van der Waals surface area contributed by atoms with E-state index in [1.165, 1.54) is 0 Å². The fourth-order valence-corrected chi connectivity index (χ4v) is 3.84. The lowest BCUT2D eigenvalue weighted by atomic mass is 10.0. The highest BCUT2D eigenvalue weighted by Gasteiger charge is 2.20. The number of hydrogen-bond acceptors (Lipinski definition) is 3. The summed E-state index contributed by atoms with van der Waals surface area (Å²) in [6.45, 7) is 7.10. The Kier molecular flexibility index (Phi) is 6.03. The molecule has 31 heavy (non-hydrogen) atoms. The molecule has 3 aromatic carbocycles. The molecule has 0 aliphatic heterocycles. The first kappa shape index (κ1) is 20.7. The van der Waals surface area contributed by atoms with Gasteiger partial charge in [-0.3, -0.25) is 4.79 Å². The van der Waals surface area contributed by atoms with Crippen LogP contribution in [0.5, 0.6) is 5.75 Å². The van der Waals surface area contributed by atoms with Gasteiger partial charge in [-0.2, -0.15) is 0 Å². The summed E-state index contributed by atoms with van der Waals surface area (Å²) < 4.78 is 8.03. The van der Waals surface area contributed by atoms with E-state index in [4.69, 9.17) is 9.72 Å². The molecular weight excluding hydrogens is 386 g/mol. The van der Waals surface area contributed by atoms with Gasteiger partial charge in [0, 0.05) is 5.56 Å². The first-order chi connectivity index (χ1) is 15.0. The Morgan fingerprint density at radius 3 is 2.55 bits per heavy atom. The average Bonchev–Trinajstić information content (AvgIpc) is 3.13. The smallest absolute Gasteiger partial charge is 0.252 e. The van der Waals surface area contributed by atoms with Crippen molar-refractivity contribution in [1.82, 2.24) is 14.9 Å². The highest BCUT2D eigenvalue weighted by Crippen LogP contribution is 2.22. The summed E-state index contributed by atoms with van der Waals surface area (Å²) in [5.74, 6) is 1.56. The molecule has 0 saturated heterocycles. The third-order valence-electron chi connectivity index (χ3n) is 5.37. The number of nitrogens with one attached hydrogen (secondary N) is 1. The Labute approximate surface area is 182 Å². The number of imidazole rings is 1. The van der Waals surface area contributed by atoms with Crippen LogP contribution in [-0.4, -0.2) is 22.1 Å². The molecule has 4 rings (SSSR count). The number of benzene rings is 3. The van der Waals surface area contributed by atoms with Crippen LogP contribution in [0.1, 0.15) is 40.3 Å². The number of ether oxygens (including phenoxy) is 1. The number of para-hydroxylation sites is 3. The van der Waals surface area contributed by atoms with E-state index < -0.39 is 0 Å².